The van der Waals surface area contributed by atoms with Gasteiger partial charge in [0.25, 0.3) is 0 Å². The first-order chi connectivity index (χ1) is 18.4. The van der Waals surface area contributed by atoms with Gasteiger partial charge in [0.15, 0.2) is 9.84 Å². The highest BCUT2D eigenvalue weighted by Crippen LogP contribution is 2.31. The van der Waals surface area contributed by atoms with Crippen LogP contribution in [0.5, 0.6) is 5.75 Å². The Bertz CT molecular complexity index is 1510. The zero-order valence-electron chi connectivity index (χ0n) is 21.8. The third-order valence-corrected chi connectivity index (χ3v) is 7.70. The number of benzene rings is 2. The molecule has 2 atom stereocenters. The largest absolute Gasteiger partial charge is 0.495 e. The lowest BCUT2D eigenvalue weighted by atomic mass is 10.0. The van der Waals surface area contributed by atoms with Gasteiger partial charge in [0.1, 0.15) is 12.3 Å². The Morgan fingerprint density at radius 2 is 1.95 bits per heavy atom. The molecule has 0 unspecified atom stereocenters. The van der Waals surface area contributed by atoms with Crippen LogP contribution in [0.1, 0.15) is 12.1 Å². The van der Waals surface area contributed by atoms with Crippen LogP contribution < -0.4 is 15.4 Å². The van der Waals surface area contributed by atoms with Crippen molar-refractivity contribution in [1.82, 2.24) is 9.47 Å². The van der Waals surface area contributed by atoms with Gasteiger partial charge in [0.2, 0.25) is 0 Å². The Labute approximate surface area is 225 Å². The van der Waals surface area contributed by atoms with Gasteiger partial charge >= 0.3 is 6.18 Å². The summed E-state index contributed by atoms with van der Waals surface area (Å²) in [6.07, 6.45) is -3.27. The number of alkyl halides is 3. The minimum Gasteiger partial charge on any atom is -0.495 e. The lowest BCUT2D eigenvalue weighted by molar-refractivity contribution is -0.140. The first kappa shape index (κ1) is 28.6. The molecular formula is C27H31F3N4O4S. The smallest absolute Gasteiger partial charge is 0.406 e. The Kier molecular flexibility index (Phi) is 8.34. The molecule has 3 aromatic rings. The molecule has 12 heteroatoms. The molecule has 0 spiro atoms. The number of aromatic nitrogens is 1. The van der Waals surface area contributed by atoms with Crippen LogP contribution in [0.15, 0.2) is 47.4 Å². The van der Waals surface area contributed by atoms with E-state index in [1.807, 2.05) is 11.9 Å². The second-order valence-electron chi connectivity index (χ2n) is 9.63. The number of aliphatic hydroxyl groups is 1. The maximum absolute atomic E-state index is 13.5. The quantitative estimate of drug-likeness (QED) is 0.378. The molecule has 1 saturated heterocycles. The third-order valence-electron chi connectivity index (χ3n) is 6.59. The van der Waals surface area contributed by atoms with Crippen molar-refractivity contribution < 1.29 is 31.4 Å². The van der Waals surface area contributed by atoms with E-state index in [9.17, 15) is 26.7 Å². The summed E-state index contributed by atoms with van der Waals surface area (Å²) >= 11 is 0. The highest BCUT2D eigenvalue weighted by atomic mass is 32.2. The Morgan fingerprint density at radius 3 is 2.62 bits per heavy atom. The first-order valence-corrected chi connectivity index (χ1v) is 14.2. The number of likely N-dealkylation sites (N-methyl/N-ethyl adjacent to an activating group) is 1. The number of fused-ring (bicyclic) bond motifs is 1. The zero-order valence-corrected chi connectivity index (χ0v) is 22.7. The predicted molar refractivity (Wildman–Crippen MR) is 145 cm³/mol. The molecule has 3 N–H and O–H groups in total. The molecule has 0 saturated carbocycles. The highest BCUT2D eigenvalue weighted by Gasteiger charge is 2.30. The summed E-state index contributed by atoms with van der Waals surface area (Å²) in [5.41, 5.74) is 1.72. The average Bonchev–Trinajstić information content (AvgIpc) is 3.19. The van der Waals surface area contributed by atoms with Crippen LogP contribution in [0.2, 0.25) is 0 Å². The van der Waals surface area contributed by atoms with Gasteiger partial charge in [-0.05, 0) is 56.3 Å². The summed E-state index contributed by atoms with van der Waals surface area (Å²) in [5.74, 6) is 6.00. The van der Waals surface area contributed by atoms with Gasteiger partial charge in [0, 0.05) is 29.9 Å². The number of ether oxygens (including phenoxy) is 1. The standard InChI is InChI=1S/C27H31F3N4O4S/c1-33-13-11-22(25(35)16-33)32-21-7-4-8-24-20(21)14-18(34(24)17-27(28,29)30)6-5-12-31-23-10-9-19(39(3,36)37)15-26(23)38-2/h4,7-10,14-15,22,25,31-32,35H,11-13,16-17H2,1-3H3/t22-,25-/m0/s1. The zero-order chi connectivity index (χ0) is 28.4. The van der Waals surface area contributed by atoms with Crippen LogP contribution in [-0.4, -0.2) is 81.4 Å². The van der Waals surface area contributed by atoms with Crippen molar-refractivity contribution in [3.05, 3.63) is 48.2 Å². The van der Waals surface area contributed by atoms with Gasteiger partial charge < -0.3 is 29.9 Å². The van der Waals surface area contributed by atoms with E-state index >= 15 is 0 Å². The number of β-amino-alcohol motifs (C(OH)–C–C–N with tert-alkyl or cyclic N) is 1. The van der Waals surface area contributed by atoms with Crippen molar-refractivity contribution >= 4 is 32.1 Å². The SMILES string of the molecule is COc1cc(S(C)(=O)=O)ccc1NCC#Cc1cc2c(N[C@H]3CCN(C)C[C@@H]3O)cccc2n1CC(F)(F)F. The number of aliphatic hydroxyl groups excluding tert-OH is 1. The number of piperidine rings is 1. The molecule has 0 aliphatic carbocycles. The van der Waals surface area contributed by atoms with Gasteiger partial charge in [-0.1, -0.05) is 12.0 Å². The summed E-state index contributed by atoms with van der Waals surface area (Å²) in [7, 11) is -0.0809. The van der Waals surface area contributed by atoms with E-state index in [0.717, 1.165) is 17.4 Å². The lowest BCUT2D eigenvalue weighted by Crippen LogP contribution is -2.48. The second-order valence-corrected chi connectivity index (χ2v) is 11.6. The third kappa shape index (κ3) is 6.98. The summed E-state index contributed by atoms with van der Waals surface area (Å²) in [6, 6.07) is 10.9. The van der Waals surface area contributed by atoms with E-state index in [4.69, 9.17) is 4.74 Å². The van der Waals surface area contributed by atoms with Gasteiger partial charge in [-0.3, -0.25) is 0 Å². The number of nitrogens with zero attached hydrogens (tertiary/aromatic N) is 2. The van der Waals surface area contributed by atoms with Crippen LogP contribution in [0.3, 0.4) is 0 Å². The molecule has 39 heavy (non-hydrogen) atoms. The molecule has 1 aliphatic rings. The Morgan fingerprint density at radius 1 is 1.18 bits per heavy atom. The van der Waals surface area contributed by atoms with Crippen molar-refractivity contribution in [2.45, 2.75) is 36.2 Å². The molecule has 0 radical (unpaired) electrons. The summed E-state index contributed by atoms with van der Waals surface area (Å²) in [6.45, 7) is 0.184. The summed E-state index contributed by atoms with van der Waals surface area (Å²) < 4.78 is 70.5. The number of hydrogen-bond acceptors (Lipinski definition) is 7. The number of hydrogen-bond donors (Lipinski definition) is 3. The molecule has 2 aromatic carbocycles. The summed E-state index contributed by atoms with van der Waals surface area (Å²) in [5, 5.41) is 17.4. The molecule has 4 rings (SSSR count). The minimum atomic E-state index is -4.46. The number of anilines is 2. The van der Waals surface area contributed by atoms with Crippen LogP contribution in [0.4, 0.5) is 24.5 Å². The number of nitrogens with one attached hydrogen (secondary N) is 2. The van der Waals surface area contributed by atoms with Gasteiger partial charge in [-0.2, -0.15) is 13.2 Å². The lowest BCUT2D eigenvalue weighted by Gasteiger charge is -2.34. The normalized spacial score (nSPS) is 18.4. The monoisotopic (exact) mass is 564 g/mol. The number of halogens is 3. The number of rotatable bonds is 7. The average molecular weight is 565 g/mol. The molecule has 8 nitrogen and oxygen atoms in total. The van der Waals surface area contributed by atoms with E-state index in [0.29, 0.717) is 41.0 Å². The number of sulfone groups is 1. The fraction of sp³-hybridized carbons (Fsp3) is 0.407. The van der Waals surface area contributed by atoms with Crippen LogP contribution in [-0.2, 0) is 16.4 Å². The van der Waals surface area contributed by atoms with Gasteiger partial charge in [0.05, 0.1) is 47.6 Å². The van der Waals surface area contributed by atoms with Crippen molar-refractivity contribution in [1.29, 1.82) is 0 Å². The predicted octanol–water partition coefficient (Wildman–Crippen LogP) is 3.56. The molecule has 0 bridgehead atoms. The van der Waals surface area contributed by atoms with Crippen molar-refractivity contribution in [2.75, 3.05) is 50.7 Å². The van der Waals surface area contributed by atoms with E-state index in [2.05, 4.69) is 22.5 Å². The molecule has 1 aliphatic heterocycles. The van der Waals surface area contributed by atoms with E-state index in [1.165, 1.54) is 19.2 Å². The molecular weight excluding hydrogens is 533 g/mol. The molecule has 2 heterocycles. The molecule has 210 valence electrons. The Balaban J connectivity index is 1.61. The topological polar surface area (TPSA) is 95.8 Å². The molecule has 1 fully saturated rings. The fourth-order valence-electron chi connectivity index (χ4n) is 4.64. The second kappa shape index (κ2) is 11.4. The van der Waals surface area contributed by atoms with Gasteiger partial charge in [-0.25, -0.2) is 8.42 Å². The van der Waals surface area contributed by atoms with Gasteiger partial charge in [-0.15, -0.1) is 0 Å². The van der Waals surface area contributed by atoms with Crippen molar-refractivity contribution in [3.63, 3.8) is 0 Å². The van der Waals surface area contributed by atoms with E-state index in [1.54, 1.807) is 30.3 Å². The maximum Gasteiger partial charge on any atom is 0.406 e. The van der Waals surface area contributed by atoms with E-state index in [-0.39, 0.29) is 23.2 Å². The molecule has 0 amide bonds. The van der Waals surface area contributed by atoms with Crippen LogP contribution in [0.25, 0.3) is 10.9 Å². The Hall–Kier alpha value is -3.40. The van der Waals surface area contributed by atoms with Crippen LogP contribution in [0, 0.1) is 11.8 Å². The van der Waals surface area contributed by atoms with E-state index < -0.39 is 28.7 Å². The minimum absolute atomic E-state index is 0.0784. The summed E-state index contributed by atoms with van der Waals surface area (Å²) in [4.78, 5) is 2.13. The molecule has 1 aromatic heterocycles. The first-order valence-electron chi connectivity index (χ1n) is 12.3. The number of methoxy groups -OCH3 is 1. The van der Waals surface area contributed by atoms with Crippen molar-refractivity contribution in [3.8, 4) is 17.6 Å². The maximum atomic E-state index is 13.5. The fourth-order valence-corrected chi connectivity index (χ4v) is 5.28. The highest BCUT2D eigenvalue weighted by molar-refractivity contribution is 7.90. The van der Waals surface area contributed by atoms with Crippen molar-refractivity contribution in [2.24, 2.45) is 0 Å². The van der Waals surface area contributed by atoms with Crippen LogP contribution >= 0.6 is 0 Å². The number of likely N-dealkylation sites (tertiary alicyclic amines) is 1.